The molecular weight excluding hydrogens is 396 g/mol. The molecule has 1 saturated carbocycles. The minimum atomic E-state index is -2.23. The van der Waals surface area contributed by atoms with E-state index >= 15 is 0 Å². The van der Waals surface area contributed by atoms with E-state index < -0.39 is 36.8 Å². The van der Waals surface area contributed by atoms with Crippen molar-refractivity contribution in [1.82, 2.24) is 0 Å². The van der Waals surface area contributed by atoms with Crippen LogP contribution in [0, 0.1) is 6.92 Å². The Morgan fingerprint density at radius 2 is 1.65 bits per heavy atom. The van der Waals surface area contributed by atoms with Crippen LogP contribution in [0.25, 0.3) is 0 Å². The molecule has 1 heterocycles. The van der Waals surface area contributed by atoms with Crippen molar-refractivity contribution in [3.05, 3.63) is 69.8 Å². The predicted molar refractivity (Wildman–Crippen MR) is 116 cm³/mol. The lowest BCUT2D eigenvalue weighted by molar-refractivity contribution is -0.357. The Labute approximate surface area is 182 Å². The van der Waals surface area contributed by atoms with E-state index in [1.54, 1.807) is 6.07 Å². The minimum absolute atomic E-state index is 0.331. The predicted octanol–water partition coefficient (Wildman–Crippen LogP) is 1.64. The summed E-state index contributed by atoms with van der Waals surface area (Å²) >= 11 is 0. The Balaban J connectivity index is 1.75. The average molecular weight is 429 g/mol. The van der Waals surface area contributed by atoms with E-state index in [4.69, 9.17) is 4.74 Å². The summed E-state index contributed by atoms with van der Waals surface area (Å²) in [6.45, 7) is 3.60. The lowest BCUT2D eigenvalue weighted by atomic mass is 9.84. The maximum atomic E-state index is 11.3. The molecule has 0 radical (unpaired) electrons. The molecule has 0 amide bonds. The summed E-state index contributed by atoms with van der Waals surface area (Å²) < 4.78 is 5.58. The molecule has 2 fully saturated rings. The summed E-state index contributed by atoms with van der Waals surface area (Å²) in [7, 11) is 0. The SMILES string of the molecule is CCc1ccc(Cc2cc(C3(O)O[C@H](CO)[C@@H](O)[C@H](O)[C@H]3O)cc(C3CC3)c2C)cc1. The van der Waals surface area contributed by atoms with Gasteiger partial charge < -0.3 is 30.3 Å². The number of rotatable bonds is 6. The van der Waals surface area contributed by atoms with E-state index in [-0.39, 0.29) is 0 Å². The van der Waals surface area contributed by atoms with Gasteiger partial charge in [-0.25, -0.2) is 0 Å². The highest BCUT2D eigenvalue weighted by molar-refractivity contribution is 5.46. The van der Waals surface area contributed by atoms with Gasteiger partial charge in [-0.1, -0.05) is 31.2 Å². The van der Waals surface area contributed by atoms with Gasteiger partial charge in [-0.3, -0.25) is 0 Å². The van der Waals surface area contributed by atoms with Crippen molar-refractivity contribution in [2.45, 2.75) is 75.7 Å². The molecule has 1 aliphatic heterocycles. The van der Waals surface area contributed by atoms with E-state index in [1.807, 2.05) is 6.07 Å². The molecule has 4 rings (SSSR count). The first kappa shape index (κ1) is 22.4. The second kappa shape index (κ2) is 8.62. The topological polar surface area (TPSA) is 110 Å². The number of aryl methyl sites for hydroxylation is 1. The zero-order valence-electron chi connectivity index (χ0n) is 18.0. The molecule has 1 saturated heterocycles. The summed E-state index contributed by atoms with van der Waals surface area (Å²) in [4.78, 5) is 0. The van der Waals surface area contributed by atoms with Crippen molar-refractivity contribution in [3.8, 4) is 0 Å². The van der Waals surface area contributed by atoms with Crippen molar-refractivity contribution in [1.29, 1.82) is 0 Å². The summed E-state index contributed by atoms with van der Waals surface area (Å²) in [5, 5.41) is 51.9. The lowest BCUT2D eigenvalue weighted by Gasteiger charge is -2.45. The Morgan fingerprint density at radius 3 is 2.23 bits per heavy atom. The van der Waals surface area contributed by atoms with Gasteiger partial charge in [-0.05, 0) is 78.5 Å². The Bertz CT molecular complexity index is 920. The number of aliphatic hydroxyl groups is 5. The fourth-order valence-corrected chi connectivity index (χ4v) is 4.51. The molecule has 2 aromatic carbocycles. The monoisotopic (exact) mass is 428 g/mol. The maximum absolute atomic E-state index is 11.3. The largest absolute Gasteiger partial charge is 0.394 e. The fourth-order valence-electron chi connectivity index (χ4n) is 4.51. The zero-order valence-corrected chi connectivity index (χ0v) is 18.0. The van der Waals surface area contributed by atoms with Crippen LogP contribution in [0.5, 0.6) is 0 Å². The van der Waals surface area contributed by atoms with E-state index in [9.17, 15) is 25.5 Å². The number of aliphatic hydroxyl groups excluding tert-OH is 4. The molecule has 5 N–H and O–H groups in total. The first-order valence-corrected chi connectivity index (χ1v) is 11.1. The molecule has 0 bridgehead atoms. The summed E-state index contributed by atoms with van der Waals surface area (Å²) in [5.74, 6) is -1.83. The highest BCUT2D eigenvalue weighted by Gasteiger charge is 2.54. The van der Waals surface area contributed by atoms with Crippen LogP contribution in [0.3, 0.4) is 0 Å². The van der Waals surface area contributed by atoms with Gasteiger partial charge in [0.1, 0.15) is 24.4 Å². The lowest BCUT2D eigenvalue weighted by Crippen LogP contribution is -2.63. The average Bonchev–Trinajstić information content (AvgIpc) is 3.62. The van der Waals surface area contributed by atoms with E-state index in [0.717, 1.165) is 41.5 Å². The second-order valence-electron chi connectivity index (χ2n) is 8.93. The van der Waals surface area contributed by atoms with Crippen LogP contribution in [0.1, 0.15) is 59.1 Å². The van der Waals surface area contributed by atoms with Crippen LogP contribution < -0.4 is 0 Å². The molecule has 1 unspecified atom stereocenters. The van der Waals surface area contributed by atoms with E-state index in [1.165, 1.54) is 5.56 Å². The normalized spacial score (nSPS) is 31.1. The molecule has 2 aliphatic rings. The molecule has 6 nitrogen and oxygen atoms in total. The van der Waals surface area contributed by atoms with Crippen LogP contribution >= 0.6 is 0 Å². The van der Waals surface area contributed by atoms with E-state index in [2.05, 4.69) is 38.1 Å². The number of ether oxygens (including phenoxy) is 1. The van der Waals surface area contributed by atoms with Crippen molar-refractivity contribution in [2.75, 3.05) is 6.61 Å². The van der Waals surface area contributed by atoms with Crippen LogP contribution in [0.15, 0.2) is 36.4 Å². The van der Waals surface area contributed by atoms with Crippen LogP contribution in [-0.4, -0.2) is 56.6 Å². The molecule has 1 aliphatic carbocycles. The summed E-state index contributed by atoms with van der Waals surface area (Å²) in [6.07, 6.45) is -2.34. The second-order valence-corrected chi connectivity index (χ2v) is 8.93. The van der Waals surface area contributed by atoms with Gasteiger partial charge >= 0.3 is 0 Å². The number of hydrogen-bond acceptors (Lipinski definition) is 6. The maximum Gasteiger partial charge on any atom is 0.222 e. The van der Waals surface area contributed by atoms with Crippen molar-refractivity contribution in [3.63, 3.8) is 0 Å². The summed E-state index contributed by atoms with van der Waals surface area (Å²) in [5.41, 5.74) is 6.00. The van der Waals surface area contributed by atoms with Crippen molar-refractivity contribution in [2.24, 2.45) is 0 Å². The van der Waals surface area contributed by atoms with Crippen molar-refractivity contribution < 1.29 is 30.3 Å². The molecule has 0 aromatic heterocycles. The third kappa shape index (κ3) is 4.16. The molecular formula is C25H32O6. The quantitative estimate of drug-likeness (QED) is 0.479. The standard InChI is InChI=1S/C25H32O6/c1-3-15-4-6-16(7-5-15)10-18-11-19(12-20(14(18)2)17-8-9-17)25(30)24(29)23(28)22(27)21(13-26)31-25/h4-7,11-12,17,21-24,26-30H,3,8-10,13H2,1-2H3/t21-,22-,23+,24-,25?/m1/s1. The van der Waals surface area contributed by atoms with Gasteiger partial charge in [-0.15, -0.1) is 0 Å². The van der Waals surface area contributed by atoms with Gasteiger partial charge in [-0.2, -0.15) is 0 Å². The third-order valence-corrected chi connectivity index (χ3v) is 6.78. The van der Waals surface area contributed by atoms with Gasteiger partial charge in [0.15, 0.2) is 0 Å². The molecule has 2 aromatic rings. The first-order chi connectivity index (χ1) is 14.8. The van der Waals surface area contributed by atoms with Crippen LogP contribution in [0.2, 0.25) is 0 Å². The highest BCUT2D eigenvalue weighted by atomic mass is 16.7. The smallest absolute Gasteiger partial charge is 0.222 e. The number of hydrogen-bond donors (Lipinski definition) is 5. The molecule has 0 spiro atoms. The van der Waals surface area contributed by atoms with Crippen molar-refractivity contribution >= 4 is 0 Å². The molecule has 168 valence electrons. The zero-order chi connectivity index (χ0) is 22.3. The summed E-state index contributed by atoms with van der Waals surface area (Å²) in [6, 6.07) is 12.1. The fraction of sp³-hybridized carbons (Fsp3) is 0.520. The molecule has 5 atom stereocenters. The highest BCUT2D eigenvalue weighted by Crippen LogP contribution is 2.45. The minimum Gasteiger partial charge on any atom is -0.394 e. The van der Waals surface area contributed by atoms with Crippen LogP contribution in [-0.2, 0) is 23.4 Å². The van der Waals surface area contributed by atoms with Gasteiger partial charge in [0.25, 0.3) is 0 Å². The Kier molecular flexibility index (Phi) is 6.23. The van der Waals surface area contributed by atoms with Crippen LogP contribution in [0.4, 0.5) is 0 Å². The molecule has 31 heavy (non-hydrogen) atoms. The van der Waals surface area contributed by atoms with Gasteiger partial charge in [0.05, 0.1) is 6.61 Å². The molecule has 6 heteroatoms. The Morgan fingerprint density at radius 1 is 1.00 bits per heavy atom. The van der Waals surface area contributed by atoms with Gasteiger partial charge in [0.2, 0.25) is 5.79 Å². The van der Waals surface area contributed by atoms with E-state index in [0.29, 0.717) is 17.9 Å². The third-order valence-electron chi connectivity index (χ3n) is 6.78. The first-order valence-electron chi connectivity index (χ1n) is 11.1. The number of benzene rings is 2. The Hall–Kier alpha value is -1.80. The van der Waals surface area contributed by atoms with Gasteiger partial charge in [0, 0.05) is 5.56 Å².